The third kappa shape index (κ3) is 4.30. The standard InChI is InChI=1S/C50H49N5/c1-5-7-16-34-20-15-21-37(32(34)3)46-51-31-45-47(52-46)53(4)48-49(6-2)29-33-25-26-43(55(45)48)40(27-33)50(49)30-44-38(35-17-9-8-10-18-35)28-36-19-11-13-23-41(36)54(44)42-24-14-12-22-39(42)50/h8-15,17-27,31,38,44,48H,5-7,16,28-30H2,1-4H3. The maximum absolute atomic E-state index is 5.49. The molecule has 0 fully saturated rings. The fraction of sp³-hybridized carbons (Fsp3) is 0.320. The van der Waals surface area contributed by atoms with Crippen molar-refractivity contribution in [3.05, 3.63) is 160 Å². The number of para-hydroxylation sites is 2. The van der Waals surface area contributed by atoms with Crippen LogP contribution >= 0.6 is 0 Å². The van der Waals surface area contributed by atoms with Crippen LogP contribution in [0.4, 0.5) is 28.6 Å². The maximum atomic E-state index is 5.49. The number of benzene rings is 5. The van der Waals surface area contributed by atoms with Crippen LogP contribution in [0.5, 0.6) is 0 Å². The van der Waals surface area contributed by atoms with E-state index in [1.165, 1.54) is 68.8 Å². The average Bonchev–Trinajstić information content (AvgIpc) is 3.51. The highest BCUT2D eigenvalue weighted by Gasteiger charge is 2.69. The third-order valence-electron chi connectivity index (χ3n) is 14.6. The first-order valence-electron chi connectivity index (χ1n) is 20.6. The highest BCUT2D eigenvalue weighted by Crippen LogP contribution is 2.71. The number of aromatic nitrogens is 2. The lowest BCUT2D eigenvalue weighted by atomic mass is 9.44. The Hall–Kier alpha value is -5.42. The molecule has 0 radical (unpaired) electrons. The molecule has 0 N–H and O–H groups in total. The Morgan fingerprint density at radius 2 is 1.55 bits per heavy atom. The van der Waals surface area contributed by atoms with E-state index >= 15 is 0 Å². The van der Waals surface area contributed by atoms with Gasteiger partial charge in [0, 0.05) is 52.5 Å². The van der Waals surface area contributed by atoms with Crippen molar-refractivity contribution in [1.82, 2.24) is 9.97 Å². The largest absolute Gasteiger partial charge is 0.337 e. The summed E-state index contributed by atoms with van der Waals surface area (Å²) < 4.78 is 0. The van der Waals surface area contributed by atoms with Gasteiger partial charge < -0.3 is 14.7 Å². The second-order valence-corrected chi connectivity index (χ2v) is 16.9. The molecule has 55 heavy (non-hydrogen) atoms. The van der Waals surface area contributed by atoms with Gasteiger partial charge in [0.15, 0.2) is 11.6 Å². The fourth-order valence-electron chi connectivity index (χ4n) is 12.2. The molecule has 5 nitrogen and oxygen atoms in total. The molecule has 1 aromatic heterocycles. The first-order chi connectivity index (χ1) is 27.0. The highest BCUT2D eigenvalue weighted by atomic mass is 15.5. The van der Waals surface area contributed by atoms with Crippen LogP contribution in [0.15, 0.2) is 121 Å². The van der Waals surface area contributed by atoms with Crippen molar-refractivity contribution < 1.29 is 0 Å². The van der Waals surface area contributed by atoms with Gasteiger partial charge in [-0.15, -0.1) is 0 Å². The smallest absolute Gasteiger partial charge is 0.161 e. The molecule has 274 valence electrons. The minimum Gasteiger partial charge on any atom is -0.337 e. The lowest BCUT2D eigenvalue weighted by Gasteiger charge is -2.67. The van der Waals surface area contributed by atoms with E-state index in [0.717, 1.165) is 55.0 Å². The molecule has 5 aliphatic rings. The van der Waals surface area contributed by atoms with Gasteiger partial charge >= 0.3 is 0 Å². The Bertz CT molecular complexity index is 2490. The van der Waals surface area contributed by atoms with Crippen LogP contribution in [0.3, 0.4) is 0 Å². The fourth-order valence-corrected chi connectivity index (χ4v) is 12.2. The zero-order valence-corrected chi connectivity index (χ0v) is 32.5. The van der Waals surface area contributed by atoms with Gasteiger partial charge in [-0.3, -0.25) is 0 Å². The summed E-state index contributed by atoms with van der Waals surface area (Å²) in [5.41, 5.74) is 16.0. The van der Waals surface area contributed by atoms with E-state index in [9.17, 15) is 0 Å². The molecule has 11 rings (SSSR count). The van der Waals surface area contributed by atoms with Crippen LogP contribution in [-0.4, -0.2) is 29.2 Å². The third-order valence-corrected chi connectivity index (χ3v) is 14.6. The molecular weight excluding hydrogens is 671 g/mol. The van der Waals surface area contributed by atoms with Gasteiger partial charge in [0.2, 0.25) is 0 Å². The normalized spacial score (nSPS) is 25.0. The first kappa shape index (κ1) is 33.0. The monoisotopic (exact) mass is 719 g/mol. The predicted octanol–water partition coefficient (Wildman–Crippen LogP) is 11.2. The Morgan fingerprint density at radius 1 is 0.764 bits per heavy atom. The predicted molar refractivity (Wildman–Crippen MR) is 225 cm³/mol. The molecule has 0 saturated heterocycles. The molecule has 6 aromatic rings. The van der Waals surface area contributed by atoms with Gasteiger partial charge in [0.1, 0.15) is 11.9 Å². The van der Waals surface area contributed by atoms with E-state index in [2.05, 4.69) is 164 Å². The van der Waals surface area contributed by atoms with Crippen molar-refractivity contribution >= 4 is 28.6 Å². The summed E-state index contributed by atoms with van der Waals surface area (Å²) in [7, 11) is 2.31. The molecule has 0 amide bonds. The van der Waals surface area contributed by atoms with Crippen molar-refractivity contribution in [1.29, 1.82) is 0 Å². The number of anilines is 5. The molecule has 5 unspecified atom stereocenters. The summed E-state index contributed by atoms with van der Waals surface area (Å²) in [6, 6.07) is 44.4. The van der Waals surface area contributed by atoms with Gasteiger partial charge in [-0.05, 0) is 103 Å². The zero-order chi connectivity index (χ0) is 37.1. The minimum absolute atomic E-state index is 0.0899. The van der Waals surface area contributed by atoms with Gasteiger partial charge in [0.25, 0.3) is 0 Å². The van der Waals surface area contributed by atoms with Gasteiger partial charge in [-0.25, -0.2) is 9.97 Å². The van der Waals surface area contributed by atoms with Crippen molar-refractivity contribution in [3.63, 3.8) is 0 Å². The number of fused-ring (bicyclic) bond motifs is 11. The molecule has 1 aliphatic carbocycles. The number of hydrogen-bond donors (Lipinski definition) is 0. The van der Waals surface area contributed by atoms with Crippen LogP contribution in [0, 0.1) is 12.3 Å². The molecule has 4 aliphatic heterocycles. The lowest BCUT2D eigenvalue weighted by Crippen LogP contribution is -2.69. The topological polar surface area (TPSA) is 35.5 Å². The van der Waals surface area contributed by atoms with E-state index in [0.29, 0.717) is 12.0 Å². The average molecular weight is 720 g/mol. The Morgan fingerprint density at radius 3 is 2.38 bits per heavy atom. The van der Waals surface area contributed by atoms with Crippen LogP contribution in [-0.2, 0) is 24.7 Å². The quantitative estimate of drug-likeness (QED) is 0.171. The minimum atomic E-state index is -0.208. The van der Waals surface area contributed by atoms with E-state index in [1.54, 1.807) is 0 Å². The molecule has 5 heterocycles. The van der Waals surface area contributed by atoms with E-state index in [-0.39, 0.29) is 17.0 Å². The van der Waals surface area contributed by atoms with E-state index in [4.69, 9.17) is 9.97 Å². The summed E-state index contributed by atoms with van der Waals surface area (Å²) in [6.45, 7) is 6.99. The molecule has 5 heteroatoms. The summed E-state index contributed by atoms with van der Waals surface area (Å²) >= 11 is 0. The van der Waals surface area contributed by atoms with Crippen molar-refractivity contribution in [2.24, 2.45) is 5.41 Å². The van der Waals surface area contributed by atoms with Gasteiger partial charge in [0.05, 0.1) is 6.20 Å². The Kier molecular flexibility index (Phi) is 7.21. The highest BCUT2D eigenvalue weighted by molar-refractivity contribution is 5.89. The number of aryl methyl sites for hydroxylation is 1. The van der Waals surface area contributed by atoms with Crippen molar-refractivity contribution in [2.75, 3.05) is 21.7 Å². The molecule has 0 saturated carbocycles. The first-order valence-corrected chi connectivity index (χ1v) is 20.6. The number of hydrogen-bond acceptors (Lipinski definition) is 5. The zero-order valence-electron chi connectivity index (χ0n) is 32.5. The van der Waals surface area contributed by atoms with E-state index < -0.39 is 0 Å². The summed E-state index contributed by atoms with van der Waals surface area (Å²) in [4.78, 5) is 18.6. The van der Waals surface area contributed by atoms with Gasteiger partial charge in [-0.1, -0.05) is 117 Å². The maximum Gasteiger partial charge on any atom is 0.161 e. The number of nitrogens with zero attached hydrogens (tertiary/aromatic N) is 5. The van der Waals surface area contributed by atoms with Crippen LogP contribution in [0.2, 0.25) is 0 Å². The second kappa shape index (κ2) is 12.0. The SMILES string of the molecule is CCCCc1cccc(-c2ncc3c(n2)N(C)C2N3c3ccc4cc3C3(CC5C(c6ccccc6)Cc6ccccc6N5c5ccccc53)C2(CC)C4)c1C. The molecule has 5 atom stereocenters. The molecule has 3 bridgehead atoms. The van der Waals surface area contributed by atoms with E-state index in [1.807, 2.05) is 0 Å². The summed E-state index contributed by atoms with van der Waals surface area (Å²) in [5, 5.41) is 0. The number of unbranched alkanes of at least 4 members (excludes halogenated alkanes) is 1. The molecular formula is C50H49N5. The number of rotatable bonds is 6. The van der Waals surface area contributed by atoms with Crippen LogP contribution < -0.4 is 14.7 Å². The molecule has 1 spiro atoms. The van der Waals surface area contributed by atoms with Crippen molar-refractivity contribution in [3.8, 4) is 11.4 Å². The van der Waals surface area contributed by atoms with Gasteiger partial charge in [-0.2, -0.15) is 0 Å². The van der Waals surface area contributed by atoms with Crippen molar-refractivity contribution in [2.45, 2.75) is 89.3 Å². The van der Waals surface area contributed by atoms with Crippen LogP contribution in [0.25, 0.3) is 11.4 Å². The lowest BCUT2D eigenvalue weighted by molar-refractivity contribution is 0.0651. The summed E-state index contributed by atoms with van der Waals surface area (Å²) in [6.07, 6.45) is 9.85. The second-order valence-electron chi connectivity index (χ2n) is 16.9. The Labute approximate surface area is 325 Å². The van der Waals surface area contributed by atoms with Crippen LogP contribution in [0.1, 0.15) is 84.4 Å². The molecule has 5 aromatic carbocycles. The summed E-state index contributed by atoms with van der Waals surface area (Å²) in [5.74, 6) is 2.23. The Balaban J connectivity index is 1.12.